The number of para-hydroxylation sites is 1. The Balaban J connectivity index is 0.00000187. The molecule has 0 fully saturated rings. The van der Waals surface area contributed by atoms with Crippen LogP contribution in [0.15, 0.2) is 45.8 Å². The number of hydrogen-bond donors (Lipinski definition) is 1. The topological polar surface area (TPSA) is 134 Å². The Bertz CT molecular complexity index is 1020. The minimum absolute atomic E-state index is 0.152. The molecule has 1 aliphatic rings. The molecule has 0 spiro atoms. The zero-order chi connectivity index (χ0) is 24.2. The van der Waals surface area contributed by atoms with E-state index < -0.39 is 23.6 Å². The molecule has 0 atom stereocenters. The molecule has 1 aliphatic carbocycles. The fourth-order valence-electron chi connectivity index (χ4n) is 2.56. The van der Waals surface area contributed by atoms with Crippen LogP contribution in [-0.4, -0.2) is 61.4 Å². The highest BCUT2D eigenvalue weighted by Crippen LogP contribution is 2.30. The molecule has 11 heteroatoms. The van der Waals surface area contributed by atoms with Crippen LogP contribution in [0.4, 0.5) is 4.79 Å². The highest BCUT2D eigenvalue weighted by molar-refractivity contribution is 8.04. The summed E-state index contributed by atoms with van der Waals surface area (Å²) < 4.78 is 19.8. The number of rotatable bonds is 9. The molecule has 0 unspecified atom stereocenters. The lowest BCUT2D eigenvalue weighted by Crippen LogP contribution is -2.30. The van der Waals surface area contributed by atoms with Crippen molar-refractivity contribution in [3.05, 3.63) is 58.3 Å². The molecular weight excluding hydrogens is 452 g/mol. The van der Waals surface area contributed by atoms with Gasteiger partial charge in [-0.3, -0.25) is 9.59 Å². The number of esters is 1. The summed E-state index contributed by atoms with van der Waals surface area (Å²) in [4.78, 5) is 48.2. The molecule has 2 aromatic rings. The van der Waals surface area contributed by atoms with E-state index >= 15 is 0 Å². The summed E-state index contributed by atoms with van der Waals surface area (Å²) in [6.45, 7) is 4.74. The second-order valence-electron chi connectivity index (χ2n) is 6.02. The molecule has 0 saturated carbocycles. The molecular formula is C22H24N2O8S. The molecule has 33 heavy (non-hydrogen) atoms. The summed E-state index contributed by atoms with van der Waals surface area (Å²) in [5.74, 6) is -1.43. The van der Waals surface area contributed by atoms with Crippen LogP contribution in [0.5, 0.6) is 5.75 Å². The predicted octanol–water partition coefficient (Wildman–Crippen LogP) is 3.29. The van der Waals surface area contributed by atoms with Crippen LogP contribution in [-0.2, 0) is 9.47 Å². The number of ketones is 2. The van der Waals surface area contributed by atoms with Crippen LogP contribution in [0.2, 0.25) is 0 Å². The Hall–Kier alpha value is -3.44. The number of ether oxygens (including phenoxy) is 3. The van der Waals surface area contributed by atoms with Crippen molar-refractivity contribution in [2.45, 2.75) is 13.8 Å². The summed E-state index contributed by atoms with van der Waals surface area (Å²) in [7, 11) is 1.14. The van der Waals surface area contributed by atoms with Crippen molar-refractivity contribution in [1.82, 2.24) is 10.5 Å². The van der Waals surface area contributed by atoms with Crippen LogP contribution in [0.3, 0.4) is 0 Å². The lowest BCUT2D eigenvalue weighted by Gasteiger charge is -2.11. The first-order valence-electron chi connectivity index (χ1n) is 10.1. The highest BCUT2D eigenvalue weighted by atomic mass is 32.2. The fourth-order valence-corrected chi connectivity index (χ4v) is 3.40. The van der Waals surface area contributed by atoms with Gasteiger partial charge in [0.2, 0.25) is 23.0 Å². The average Bonchev–Trinajstić information content (AvgIpc) is 3.29. The molecule has 3 rings (SSSR count). The lowest BCUT2D eigenvalue weighted by atomic mass is 10.00. The van der Waals surface area contributed by atoms with Crippen LogP contribution in [0.25, 0.3) is 0 Å². The predicted molar refractivity (Wildman–Crippen MR) is 120 cm³/mol. The Labute approximate surface area is 194 Å². The highest BCUT2D eigenvalue weighted by Gasteiger charge is 2.36. The number of nitrogens with zero attached hydrogens (tertiary/aromatic N) is 1. The normalized spacial score (nSPS) is 12.2. The van der Waals surface area contributed by atoms with Crippen LogP contribution in [0.1, 0.15) is 45.2 Å². The van der Waals surface area contributed by atoms with Crippen molar-refractivity contribution in [3.63, 3.8) is 0 Å². The Morgan fingerprint density at radius 3 is 2.55 bits per heavy atom. The summed E-state index contributed by atoms with van der Waals surface area (Å²) in [5, 5.41) is 6.02. The Morgan fingerprint density at radius 2 is 1.85 bits per heavy atom. The Morgan fingerprint density at radius 1 is 1.12 bits per heavy atom. The number of amides is 1. The van der Waals surface area contributed by atoms with Gasteiger partial charge < -0.3 is 24.1 Å². The number of Topliss-reactive ketones (excluding diaryl/α,β-unsaturated/α-hetero) is 1. The number of thioether (sulfide) groups is 1. The number of methoxy groups -OCH3 is 1. The van der Waals surface area contributed by atoms with Crippen molar-refractivity contribution < 1.29 is 37.9 Å². The summed E-state index contributed by atoms with van der Waals surface area (Å²) in [6, 6.07) is 8.64. The second kappa shape index (κ2) is 13.2. The van der Waals surface area contributed by atoms with Gasteiger partial charge in [0.1, 0.15) is 11.3 Å². The second-order valence-corrected chi connectivity index (χ2v) is 7.16. The molecule has 1 aromatic heterocycles. The van der Waals surface area contributed by atoms with E-state index in [0.717, 1.165) is 24.9 Å². The van der Waals surface area contributed by atoms with Gasteiger partial charge in [-0.05, 0) is 12.1 Å². The van der Waals surface area contributed by atoms with E-state index in [1.165, 1.54) is 0 Å². The van der Waals surface area contributed by atoms with E-state index in [9.17, 15) is 19.2 Å². The standard InChI is InChI=1S/C20H18N2O8S.C2H6/c1-27-19(25)16-15-17(24)14(11-13(23)18(15)30-22-16)31-10-9-28-8-7-21-20(26)29-12-5-3-2-4-6-12;1-2/h2-6,11H,7-10H2,1H3,(H,21,26);1-2H3. The van der Waals surface area contributed by atoms with Gasteiger partial charge in [0, 0.05) is 18.4 Å². The van der Waals surface area contributed by atoms with Gasteiger partial charge in [-0.1, -0.05) is 37.2 Å². The van der Waals surface area contributed by atoms with Gasteiger partial charge in [-0.2, -0.15) is 0 Å². The molecule has 1 N–H and O–H groups in total. The van der Waals surface area contributed by atoms with Crippen LogP contribution in [0, 0.1) is 0 Å². The van der Waals surface area contributed by atoms with Gasteiger partial charge in [0.25, 0.3) is 0 Å². The monoisotopic (exact) mass is 476 g/mol. The molecule has 1 aromatic carbocycles. The molecule has 1 heterocycles. The zero-order valence-electron chi connectivity index (χ0n) is 18.4. The molecule has 0 radical (unpaired) electrons. The Kier molecular flexibility index (Phi) is 10.3. The number of hydrogen-bond acceptors (Lipinski definition) is 10. The minimum atomic E-state index is -0.862. The average molecular weight is 477 g/mol. The van der Waals surface area contributed by atoms with Gasteiger partial charge in [-0.15, -0.1) is 11.8 Å². The number of fused-ring (bicyclic) bond motifs is 1. The van der Waals surface area contributed by atoms with Crippen molar-refractivity contribution in [1.29, 1.82) is 0 Å². The molecule has 10 nitrogen and oxygen atoms in total. The lowest BCUT2D eigenvalue weighted by molar-refractivity contribution is 0.0586. The minimum Gasteiger partial charge on any atom is -0.464 e. The maximum absolute atomic E-state index is 12.6. The van der Waals surface area contributed by atoms with Gasteiger partial charge in [0.15, 0.2) is 0 Å². The number of nitrogens with one attached hydrogen (secondary N) is 1. The van der Waals surface area contributed by atoms with Gasteiger partial charge in [-0.25, -0.2) is 9.59 Å². The maximum atomic E-state index is 12.6. The van der Waals surface area contributed by atoms with Crippen LogP contribution < -0.4 is 10.1 Å². The summed E-state index contributed by atoms with van der Waals surface area (Å²) in [6.07, 6.45) is 0.550. The molecule has 0 bridgehead atoms. The quantitative estimate of drug-likeness (QED) is 0.424. The van der Waals surface area contributed by atoms with Crippen molar-refractivity contribution in [3.8, 4) is 5.75 Å². The summed E-state index contributed by atoms with van der Waals surface area (Å²) >= 11 is 1.10. The van der Waals surface area contributed by atoms with E-state index in [2.05, 4.69) is 15.2 Å². The van der Waals surface area contributed by atoms with E-state index in [-0.39, 0.29) is 41.7 Å². The zero-order valence-corrected chi connectivity index (χ0v) is 19.2. The molecule has 1 amide bonds. The number of carbonyl (C=O) groups is 4. The first-order chi connectivity index (χ1) is 16.0. The van der Waals surface area contributed by atoms with Crippen molar-refractivity contribution >= 4 is 35.4 Å². The number of carbonyl (C=O) groups excluding carboxylic acids is 4. The smallest absolute Gasteiger partial charge is 0.412 e. The molecule has 0 aliphatic heterocycles. The first-order valence-corrected chi connectivity index (χ1v) is 11.1. The third-order valence-corrected chi connectivity index (χ3v) is 4.95. The molecule has 0 saturated heterocycles. The third-order valence-electron chi connectivity index (χ3n) is 3.96. The van der Waals surface area contributed by atoms with Crippen LogP contribution >= 0.6 is 11.8 Å². The number of allylic oxidation sites excluding steroid dienone is 2. The number of benzene rings is 1. The molecule has 176 valence electrons. The van der Waals surface area contributed by atoms with E-state index in [0.29, 0.717) is 11.5 Å². The largest absolute Gasteiger partial charge is 0.464 e. The third kappa shape index (κ3) is 7.02. The van der Waals surface area contributed by atoms with Gasteiger partial charge in [0.05, 0.1) is 25.2 Å². The van der Waals surface area contributed by atoms with Crippen molar-refractivity contribution in [2.75, 3.05) is 32.6 Å². The van der Waals surface area contributed by atoms with E-state index in [1.54, 1.807) is 24.3 Å². The first kappa shape index (κ1) is 25.8. The van der Waals surface area contributed by atoms with Gasteiger partial charge >= 0.3 is 12.1 Å². The fraction of sp³-hybridized carbons (Fsp3) is 0.318. The summed E-state index contributed by atoms with van der Waals surface area (Å²) in [5.41, 5.74) is -0.518. The van der Waals surface area contributed by atoms with Crippen molar-refractivity contribution in [2.24, 2.45) is 0 Å². The number of aromatic nitrogens is 1. The SMILES string of the molecule is CC.COC(=O)c1noc2c1C(=O)C(SCCOCCNC(=O)Oc1ccccc1)=CC2=O. The maximum Gasteiger partial charge on any atom is 0.412 e. The van der Waals surface area contributed by atoms with E-state index in [4.69, 9.17) is 14.0 Å². The van der Waals surface area contributed by atoms with E-state index in [1.807, 2.05) is 19.9 Å².